The number of likely N-dealkylation sites (tertiary alicyclic amines) is 1. The van der Waals surface area contributed by atoms with Crippen molar-refractivity contribution in [2.75, 3.05) is 26.7 Å². The predicted molar refractivity (Wildman–Crippen MR) is 75.9 cm³/mol. The SMILES string of the molecule is CNC1CCCN(CC(C)(C)c2cccs2)C1. The van der Waals surface area contributed by atoms with E-state index in [0.717, 1.165) is 0 Å². The van der Waals surface area contributed by atoms with Crippen LogP contribution in [0.15, 0.2) is 17.5 Å². The van der Waals surface area contributed by atoms with Crippen molar-refractivity contribution in [3.63, 3.8) is 0 Å². The molecule has 1 unspecified atom stereocenters. The summed E-state index contributed by atoms with van der Waals surface area (Å²) in [6.07, 6.45) is 2.65. The number of rotatable bonds is 4. The van der Waals surface area contributed by atoms with Crippen molar-refractivity contribution in [2.24, 2.45) is 0 Å². The van der Waals surface area contributed by atoms with Crippen LogP contribution in [0.25, 0.3) is 0 Å². The quantitative estimate of drug-likeness (QED) is 0.886. The Hall–Kier alpha value is -0.380. The Bertz CT molecular complexity index is 332. The lowest BCUT2D eigenvalue weighted by molar-refractivity contribution is 0.165. The van der Waals surface area contributed by atoms with E-state index in [1.807, 2.05) is 11.3 Å². The zero-order valence-corrected chi connectivity index (χ0v) is 12.0. The average Bonchev–Trinajstić information content (AvgIpc) is 2.83. The Morgan fingerprint density at radius 2 is 2.35 bits per heavy atom. The van der Waals surface area contributed by atoms with Crippen molar-refractivity contribution in [1.82, 2.24) is 10.2 Å². The molecule has 0 aromatic carbocycles. The fourth-order valence-electron chi connectivity index (χ4n) is 2.74. The van der Waals surface area contributed by atoms with Gasteiger partial charge in [0.2, 0.25) is 0 Å². The average molecular weight is 252 g/mol. The molecule has 2 heterocycles. The fraction of sp³-hybridized carbons (Fsp3) is 0.714. The molecule has 0 radical (unpaired) electrons. The minimum atomic E-state index is 0.282. The summed E-state index contributed by atoms with van der Waals surface area (Å²) >= 11 is 1.88. The second-order valence-corrected chi connectivity index (χ2v) is 6.67. The summed E-state index contributed by atoms with van der Waals surface area (Å²) in [5, 5.41) is 5.60. The summed E-state index contributed by atoms with van der Waals surface area (Å²) in [4.78, 5) is 4.12. The highest BCUT2D eigenvalue weighted by Gasteiger charge is 2.27. The normalized spacial score (nSPS) is 22.9. The maximum Gasteiger partial charge on any atom is 0.0192 e. The molecule has 0 saturated carbocycles. The van der Waals surface area contributed by atoms with Crippen LogP contribution in [0.5, 0.6) is 0 Å². The lowest BCUT2D eigenvalue weighted by Crippen LogP contribution is -2.48. The van der Waals surface area contributed by atoms with E-state index in [2.05, 4.69) is 48.6 Å². The van der Waals surface area contributed by atoms with Crippen LogP contribution in [-0.4, -0.2) is 37.6 Å². The monoisotopic (exact) mass is 252 g/mol. The summed E-state index contributed by atoms with van der Waals surface area (Å²) in [5.41, 5.74) is 0.282. The number of piperidine rings is 1. The van der Waals surface area contributed by atoms with E-state index in [9.17, 15) is 0 Å². The van der Waals surface area contributed by atoms with Gasteiger partial charge in [-0.05, 0) is 37.9 Å². The maximum atomic E-state index is 3.42. The molecule has 0 bridgehead atoms. The second-order valence-electron chi connectivity index (χ2n) is 5.72. The van der Waals surface area contributed by atoms with Gasteiger partial charge in [-0.3, -0.25) is 0 Å². The van der Waals surface area contributed by atoms with Gasteiger partial charge in [0, 0.05) is 29.4 Å². The van der Waals surface area contributed by atoms with Gasteiger partial charge < -0.3 is 10.2 Å². The van der Waals surface area contributed by atoms with E-state index in [4.69, 9.17) is 0 Å². The zero-order chi connectivity index (χ0) is 12.3. The Balaban J connectivity index is 1.96. The van der Waals surface area contributed by atoms with Gasteiger partial charge in [-0.2, -0.15) is 0 Å². The van der Waals surface area contributed by atoms with Crippen molar-refractivity contribution >= 4 is 11.3 Å². The summed E-state index contributed by atoms with van der Waals surface area (Å²) in [6, 6.07) is 5.11. The molecular formula is C14H24N2S. The molecule has 1 N–H and O–H groups in total. The van der Waals surface area contributed by atoms with Gasteiger partial charge in [-0.15, -0.1) is 11.3 Å². The molecule has 96 valence electrons. The summed E-state index contributed by atoms with van der Waals surface area (Å²) in [5.74, 6) is 0. The first-order chi connectivity index (χ1) is 8.12. The first kappa shape index (κ1) is 13.1. The largest absolute Gasteiger partial charge is 0.316 e. The van der Waals surface area contributed by atoms with Crippen molar-refractivity contribution in [3.8, 4) is 0 Å². The number of hydrogen-bond acceptors (Lipinski definition) is 3. The molecule has 2 rings (SSSR count). The Morgan fingerprint density at radius 3 is 3.00 bits per heavy atom. The molecule has 17 heavy (non-hydrogen) atoms. The molecule has 1 aromatic rings. The molecule has 1 fully saturated rings. The lowest BCUT2D eigenvalue weighted by atomic mass is 9.89. The maximum absolute atomic E-state index is 3.42. The number of nitrogens with zero attached hydrogens (tertiary/aromatic N) is 1. The minimum Gasteiger partial charge on any atom is -0.316 e. The van der Waals surface area contributed by atoms with Crippen LogP contribution in [-0.2, 0) is 5.41 Å². The molecule has 1 aliphatic rings. The van der Waals surface area contributed by atoms with Gasteiger partial charge in [0.1, 0.15) is 0 Å². The van der Waals surface area contributed by atoms with Gasteiger partial charge >= 0.3 is 0 Å². The van der Waals surface area contributed by atoms with Crippen LogP contribution in [0, 0.1) is 0 Å². The third-order valence-electron chi connectivity index (χ3n) is 3.72. The first-order valence-electron chi connectivity index (χ1n) is 6.55. The Kier molecular flexibility index (Phi) is 4.23. The molecular weight excluding hydrogens is 228 g/mol. The number of nitrogens with one attached hydrogen (secondary N) is 1. The lowest BCUT2D eigenvalue weighted by Gasteiger charge is -2.37. The molecule has 1 saturated heterocycles. The van der Waals surface area contributed by atoms with Crippen LogP contribution in [0.2, 0.25) is 0 Å². The van der Waals surface area contributed by atoms with E-state index < -0.39 is 0 Å². The highest BCUT2D eigenvalue weighted by atomic mass is 32.1. The van der Waals surface area contributed by atoms with Crippen LogP contribution in [0.1, 0.15) is 31.6 Å². The number of likely N-dealkylation sites (N-methyl/N-ethyl adjacent to an activating group) is 1. The summed E-state index contributed by atoms with van der Waals surface area (Å²) < 4.78 is 0. The van der Waals surface area contributed by atoms with Crippen LogP contribution in [0.4, 0.5) is 0 Å². The summed E-state index contributed by atoms with van der Waals surface area (Å²) in [7, 11) is 2.08. The van der Waals surface area contributed by atoms with Crippen molar-refractivity contribution in [2.45, 2.75) is 38.1 Å². The second kappa shape index (κ2) is 5.51. The Morgan fingerprint density at radius 1 is 1.53 bits per heavy atom. The molecule has 1 aliphatic heterocycles. The predicted octanol–water partition coefficient (Wildman–Crippen LogP) is 2.71. The van der Waals surface area contributed by atoms with Crippen molar-refractivity contribution < 1.29 is 0 Å². The highest BCUT2D eigenvalue weighted by Crippen LogP contribution is 2.29. The molecule has 0 amide bonds. The number of hydrogen-bond donors (Lipinski definition) is 1. The first-order valence-corrected chi connectivity index (χ1v) is 7.43. The smallest absolute Gasteiger partial charge is 0.0192 e. The molecule has 1 aromatic heterocycles. The van der Waals surface area contributed by atoms with Gasteiger partial charge in [-0.1, -0.05) is 19.9 Å². The highest BCUT2D eigenvalue weighted by molar-refractivity contribution is 7.10. The van der Waals surface area contributed by atoms with Crippen LogP contribution >= 0.6 is 11.3 Å². The number of thiophene rings is 1. The van der Waals surface area contributed by atoms with Gasteiger partial charge in [-0.25, -0.2) is 0 Å². The zero-order valence-electron chi connectivity index (χ0n) is 11.2. The third kappa shape index (κ3) is 3.30. The van der Waals surface area contributed by atoms with E-state index in [1.165, 1.54) is 37.4 Å². The molecule has 0 aliphatic carbocycles. The van der Waals surface area contributed by atoms with E-state index in [-0.39, 0.29) is 5.41 Å². The minimum absolute atomic E-state index is 0.282. The van der Waals surface area contributed by atoms with Crippen molar-refractivity contribution in [3.05, 3.63) is 22.4 Å². The summed E-state index contributed by atoms with van der Waals surface area (Å²) in [6.45, 7) is 8.35. The van der Waals surface area contributed by atoms with Gasteiger partial charge in [0.25, 0.3) is 0 Å². The molecule has 2 nitrogen and oxygen atoms in total. The van der Waals surface area contributed by atoms with E-state index in [1.54, 1.807) is 0 Å². The van der Waals surface area contributed by atoms with E-state index >= 15 is 0 Å². The third-order valence-corrected chi connectivity index (χ3v) is 4.96. The van der Waals surface area contributed by atoms with E-state index in [0.29, 0.717) is 6.04 Å². The van der Waals surface area contributed by atoms with Gasteiger partial charge in [0.05, 0.1) is 0 Å². The molecule has 0 spiro atoms. The molecule has 1 atom stereocenters. The Labute approximate surface area is 109 Å². The van der Waals surface area contributed by atoms with Crippen molar-refractivity contribution in [1.29, 1.82) is 0 Å². The topological polar surface area (TPSA) is 15.3 Å². The van der Waals surface area contributed by atoms with Crippen LogP contribution < -0.4 is 5.32 Å². The standard InChI is InChI=1S/C14H24N2S/c1-14(2,13-7-5-9-17-13)11-16-8-4-6-12(10-16)15-3/h5,7,9,12,15H,4,6,8,10-11H2,1-3H3. The fourth-order valence-corrected chi connectivity index (χ4v) is 3.58. The van der Waals surface area contributed by atoms with Gasteiger partial charge in [0.15, 0.2) is 0 Å². The molecule has 3 heteroatoms. The van der Waals surface area contributed by atoms with Crippen LogP contribution in [0.3, 0.4) is 0 Å².